The first-order chi connectivity index (χ1) is 4.83. The maximum absolute atomic E-state index is 12.0. The van der Waals surface area contributed by atoms with Crippen LogP contribution in [0.3, 0.4) is 0 Å². The Hall–Kier alpha value is -0.860. The first-order valence-electron chi connectivity index (χ1n) is 3.50. The molecule has 58 valence electrons. The highest BCUT2D eigenvalue weighted by Crippen LogP contribution is 1.90. The summed E-state index contributed by atoms with van der Waals surface area (Å²) in [7, 11) is 0. The second kappa shape index (κ2) is 4.97. The summed E-state index contributed by atoms with van der Waals surface area (Å²) in [4.78, 5) is 3.38. The molecule has 3 heteroatoms. The van der Waals surface area contributed by atoms with E-state index in [0.717, 1.165) is 6.54 Å². The Morgan fingerprint density at radius 1 is 1.60 bits per heavy atom. The molecule has 0 aliphatic rings. The zero-order valence-electron chi connectivity index (χ0n) is 6.63. The first-order valence-corrected chi connectivity index (χ1v) is 3.50. The highest BCUT2D eigenvalue weighted by Gasteiger charge is 1.90. The molecular formula is C7H13FN2. The van der Waals surface area contributed by atoms with Gasteiger partial charge in [0.15, 0.2) is 0 Å². The fraction of sp³-hybridized carbons (Fsp3) is 0.571. The van der Waals surface area contributed by atoms with E-state index in [1.807, 2.05) is 20.8 Å². The molecule has 0 atom stereocenters. The van der Waals surface area contributed by atoms with Crippen LogP contribution < -0.4 is 0 Å². The summed E-state index contributed by atoms with van der Waals surface area (Å²) < 4.78 is 13.7. The molecule has 0 saturated heterocycles. The summed E-state index contributed by atoms with van der Waals surface area (Å²) in [5, 5.41) is 0. The topological polar surface area (TPSA) is 17.8 Å². The van der Waals surface area contributed by atoms with Gasteiger partial charge in [-0.3, -0.25) is 0 Å². The van der Waals surface area contributed by atoms with E-state index in [1.165, 1.54) is 12.5 Å². The number of nitrogens with zero attached hydrogens (tertiary/aromatic N) is 2. The van der Waals surface area contributed by atoms with E-state index in [0.29, 0.717) is 0 Å². The van der Waals surface area contributed by atoms with Crippen LogP contribution in [0.5, 0.6) is 0 Å². The molecule has 2 nitrogen and oxygen atoms in total. The van der Waals surface area contributed by atoms with Crippen molar-refractivity contribution >= 4 is 0 Å². The molecule has 0 N–H and O–H groups in total. The molecule has 0 aliphatic heterocycles. The minimum absolute atomic E-state index is 0.410. The molecule has 1 aromatic rings. The minimum atomic E-state index is -0.410. The molecule has 0 radical (unpaired) electrons. The molecule has 0 unspecified atom stereocenters. The maximum Gasteiger partial charge on any atom is 0.230 e. The SMILES string of the molecule is CC.CCn1cnc(F)c1. The molecule has 10 heavy (non-hydrogen) atoms. The molecule has 0 saturated carbocycles. The van der Waals surface area contributed by atoms with Gasteiger partial charge < -0.3 is 4.57 Å². The van der Waals surface area contributed by atoms with E-state index in [9.17, 15) is 4.39 Å². The maximum atomic E-state index is 12.0. The number of rotatable bonds is 1. The number of halogens is 1. The zero-order valence-corrected chi connectivity index (χ0v) is 6.63. The Balaban J connectivity index is 0.000000371. The highest BCUT2D eigenvalue weighted by atomic mass is 19.1. The van der Waals surface area contributed by atoms with Crippen molar-refractivity contribution in [1.29, 1.82) is 0 Å². The summed E-state index contributed by atoms with van der Waals surface area (Å²) in [5.74, 6) is -0.410. The molecule has 0 aliphatic carbocycles. The van der Waals surface area contributed by atoms with Gasteiger partial charge in [0.1, 0.15) is 0 Å². The number of aryl methyl sites for hydroxylation is 1. The van der Waals surface area contributed by atoms with Crippen molar-refractivity contribution in [3.05, 3.63) is 18.5 Å². The highest BCUT2D eigenvalue weighted by molar-refractivity contribution is 4.77. The molecule has 0 fully saturated rings. The average molecular weight is 144 g/mol. The molecular weight excluding hydrogens is 131 g/mol. The summed E-state index contributed by atoms with van der Waals surface area (Å²) in [6, 6.07) is 0. The van der Waals surface area contributed by atoms with Crippen molar-refractivity contribution in [3.63, 3.8) is 0 Å². The van der Waals surface area contributed by atoms with E-state index in [-0.39, 0.29) is 0 Å². The van der Waals surface area contributed by atoms with E-state index in [4.69, 9.17) is 0 Å². The van der Waals surface area contributed by atoms with Crippen molar-refractivity contribution in [2.75, 3.05) is 0 Å². The Bertz CT molecular complexity index is 172. The van der Waals surface area contributed by atoms with Gasteiger partial charge >= 0.3 is 0 Å². The van der Waals surface area contributed by atoms with Gasteiger partial charge in [0, 0.05) is 6.54 Å². The smallest absolute Gasteiger partial charge is 0.230 e. The lowest BCUT2D eigenvalue weighted by Gasteiger charge is -1.87. The fourth-order valence-corrected chi connectivity index (χ4v) is 0.506. The molecule has 0 aromatic carbocycles. The molecule has 0 amide bonds. The molecule has 0 bridgehead atoms. The van der Waals surface area contributed by atoms with Crippen LogP contribution in [0.2, 0.25) is 0 Å². The third-order valence-electron chi connectivity index (χ3n) is 0.967. The van der Waals surface area contributed by atoms with Gasteiger partial charge in [-0.2, -0.15) is 4.39 Å². The quantitative estimate of drug-likeness (QED) is 0.590. The van der Waals surface area contributed by atoms with E-state index >= 15 is 0 Å². The lowest BCUT2D eigenvalue weighted by molar-refractivity contribution is 0.587. The summed E-state index contributed by atoms with van der Waals surface area (Å²) in [5.41, 5.74) is 0. The van der Waals surface area contributed by atoms with Crippen molar-refractivity contribution in [2.45, 2.75) is 27.3 Å². The predicted octanol–water partition coefficient (Wildman–Crippen LogP) is 2.07. The van der Waals surface area contributed by atoms with Crippen molar-refractivity contribution in [3.8, 4) is 0 Å². The van der Waals surface area contributed by atoms with Gasteiger partial charge in [-0.1, -0.05) is 13.8 Å². The standard InChI is InChI=1S/C5H7FN2.C2H6/c1-2-8-3-5(6)7-4-8;1-2/h3-4H,2H2,1H3;1-2H3. The average Bonchev–Trinajstić information content (AvgIpc) is 2.40. The fourth-order valence-electron chi connectivity index (χ4n) is 0.506. The largest absolute Gasteiger partial charge is 0.335 e. The monoisotopic (exact) mass is 144 g/mol. The van der Waals surface area contributed by atoms with Gasteiger partial charge in [-0.25, -0.2) is 4.98 Å². The van der Waals surface area contributed by atoms with Crippen LogP contribution in [0, 0.1) is 5.95 Å². The van der Waals surface area contributed by atoms with Gasteiger partial charge in [0.2, 0.25) is 5.95 Å². The van der Waals surface area contributed by atoms with Gasteiger partial charge in [-0.05, 0) is 6.92 Å². The van der Waals surface area contributed by atoms with Crippen molar-refractivity contribution in [2.24, 2.45) is 0 Å². The third kappa shape index (κ3) is 2.62. The molecule has 1 rings (SSSR count). The molecule has 1 aromatic heterocycles. The number of imidazole rings is 1. The second-order valence-corrected chi connectivity index (χ2v) is 1.53. The molecule has 1 heterocycles. The van der Waals surface area contributed by atoms with Crippen molar-refractivity contribution < 1.29 is 4.39 Å². The van der Waals surface area contributed by atoms with E-state index in [1.54, 1.807) is 4.57 Å². The van der Waals surface area contributed by atoms with Crippen LogP contribution in [-0.2, 0) is 6.54 Å². The van der Waals surface area contributed by atoms with Gasteiger partial charge in [-0.15, -0.1) is 0 Å². The first kappa shape index (κ1) is 9.14. The van der Waals surface area contributed by atoms with Crippen LogP contribution in [0.4, 0.5) is 4.39 Å². The van der Waals surface area contributed by atoms with Crippen LogP contribution in [0.1, 0.15) is 20.8 Å². The Morgan fingerprint density at radius 3 is 2.40 bits per heavy atom. The number of hydrogen-bond donors (Lipinski definition) is 0. The normalized spacial score (nSPS) is 8.40. The van der Waals surface area contributed by atoms with Gasteiger partial charge in [0.25, 0.3) is 0 Å². The molecule has 0 spiro atoms. The summed E-state index contributed by atoms with van der Waals surface area (Å²) >= 11 is 0. The lowest BCUT2D eigenvalue weighted by atomic mass is 10.7. The van der Waals surface area contributed by atoms with Crippen LogP contribution in [0.25, 0.3) is 0 Å². The van der Waals surface area contributed by atoms with Crippen LogP contribution in [-0.4, -0.2) is 9.55 Å². The zero-order chi connectivity index (χ0) is 7.98. The lowest BCUT2D eigenvalue weighted by Crippen LogP contribution is -1.86. The Kier molecular flexibility index (Phi) is 4.54. The van der Waals surface area contributed by atoms with E-state index < -0.39 is 5.95 Å². The second-order valence-electron chi connectivity index (χ2n) is 1.53. The third-order valence-corrected chi connectivity index (χ3v) is 0.967. The minimum Gasteiger partial charge on any atom is -0.335 e. The van der Waals surface area contributed by atoms with Crippen LogP contribution in [0.15, 0.2) is 12.5 Å². The Labute approximate surface area is 60.7 Å². The van der Waals surface area contributed by atoms with Gasteiger partial charge in [0.05, 0.1) is 12.5 Å². The Morgan fingerprint density at radius 2 is 2.20 bits per heavy atom. The summed E-state index contributed by atoms with van der Waals surface area (Å²) in [6.07, 6.45) is 2.83. The van der Waals surface area contributed by atoms with Crippen molar-refractivity contribution in [1.82, 2.24) is 9.55 Å². The van der Waals surface area contributed by atoms with E-state index in [2.05, 4.69) is 4.98 Å². The number of aromatic nitrogens is 2. The summed E-state index contributed by atoms with van der Waals surface area (Å²) in [6.45, 7) is 6.71. The number of hydrogen-bond acceptors (Lipinski definition) is 1. The predicted molar refractivity (Wildman–Crippen MR) is 39.2 cm³/mol. The van der Waals surface area contributed by atoms with Crippen LogP contribution >= 0.6 is 0 Å².